The van der Waals surface area contributed by atoms with Gasteiger partial charge in [-0.15, -0.1) is 0 Å². The first-order valence-corrected chi connectivity index (χ1v) is 6.08. The van der Waals surface area contributed by atoms with E-state index in [4.69, 9.17) is 5.73 Å². The maximum atomic E-state index is 11.4. The van der Waals surface area contributed by atoms with E-state index in [1.807, 2.05) is 4.89 Å². The first-order valence-electron chi connectivity index (χ1n) is 4.43. The van der Waals surface area contributed by atoms with E-state index in [2.05, 4.69) is 4.84 Å². The fourth-order valence-electron chi connectivity index (χ4n) is 1.01. The molecule has 0 fully saturated rings. The molecule has 1 amide bonds. The topological polar surface area (TPSA) is 98.5 Å². The summed E-state index contributed by atoms with van der Waals surface area (Å²) in [7, 11) is -3.61. The van der Waals surface area contributed by atoms with E-state index in [0.29, 0.717) is 5.56 Å². The molecule has 0 unspecified atom stereocenters. The molecular weight excluding hydrogens is 232 g/mol. The van der Waals surface area contributed by atoms with Crippen LogP contribution in [0.15, 0.2) is 30.3 Å². The van der Waals surface area contributed by atoms with E-state index >= 15 is 0 Å². The number of nitrogens with two attached hydrogens (primary N) is 1. The molecule has 3 N–H and O–H groups in total. The van der Waals surface area contributed by atoms with Crippen molar-refractivity contribution in [2.45, 2.75) is 5.75 Å². The SMILES string of the molecule is NC(=O)CONS(=O)(=O)Cc1ccccc1. The molecular formula is C9H12N2O4S. The summed E-state index contributed by atoms with van der Waals surface area (Å²) in [5, 5.41) is 0. The summed E-state index contributed by atoms with van der Waals surface area (Å²) >= 11 is 0. The molecule has 0 atom stereocenters. The number of nitrogens with one attached hydrogen (secondary N) is 1. The molecule has 0 aliphatic heterocycles. The van der Waals surface area contributed by atoms with Crippen molar-refractivity contribution in [3.05, 3.63) is 35.9 Å². The molecule has 16 heavy (non-hydrogen) atoms. The van der Waals surface area contributed by atoms with Gasteiger partial charge in [-0.3, -0.25) is 9.63 Å². The second-order valence-corrected chi connectivity index (χ2v) is 4.77. The van der Waals surface area contributed by atoms with Gasteiger partial charge in [0.05, 0.1) is 5.75 Å². The highest BCUT2D eigenvalue weighted by Crippen LogP contribution is 2.03. The molecule has 0 heterocycles. The predicted molar refractivity (Wildman–Crippen MR) is 57.3 cm³/mol. The van der Waals surface area contributed by atoms with Gasteiger partial charge in [0.1, 0.15) is 6.61 Å². The van der Waals surface area contributed by atoms with Crippen LogP contribution in [-0.4, -0.2) is 20.9 Å². The van der Waals surface area contributed by atoms with Crippen LogP contribution in [0.25, 0.3) is 0 Å². The number of carbonyl (C=O) groups is 1. The standard InChI is InChI=1S/C9H12N2O4S/c10-9(12)6-15-11-16(13,14)7-8-4-2-1-3-5-8/h1-5,11H,6-7H2,(H2,10,12). The molecule has 88 valence electrons. The van der Waals surface area contributed by atoms with Crippen molar-refractivity contribution in [1.82, 2.24) is 4.89 Å². The Morgan fingerprint density at radius 1 is 1.31 bits per heavy atom. The fourth-order valence-corrected chi connectivity index (χ4v) is 1.94. The lowest BCUT2D eigenvalue weighted by Gasteiger charge is -2.05. The molecule has 1 rings (SSSR count). The zero-order valence-electron chi connectivity index (χ0n) is 8.42. The minimum Gasteiger partial charge on any atom is -0.368 e. The third-order valence-corrected chi connectivity index (χ3v) is 2.68. The molecule has 0 aliphatic carbocycles. The lowest BCUT2D eigenvalue weighted by Crippen LogP contribution is -2.30. The largest absolute Gasteiger partial charge is 0.368 e. The smallest absolute Gasteiger partial charge is 0.245 e. The van der Waals surface area contributed by atoms with Crippen LogP contribution < -0.4 is 10.6 Å². The lowest BCUT2D eigenvalue weighted by atomic mass is 10.2. The van der Waals surface area contributed by atoms with Gasteiger partial charge in [-0.05, 0) is 5.56 Å². The average molecular weight is 244 g/mol. The Kier molecular flexibility index (Phi) is 4.41. The molecule has 1 aromatic rings. The third-order valence-electron chi connectivity index (χ3n) is 1.60. The van der Waals surface area contributed by atoms with Crippen LogP contribution in [0.5, 0.6) is 0 Å². The molecule has 0 saturated carbocycles. The molecule has 0 bridgehead atoms. The van der Waals surface area contributed by atoms with Crippen LogP contribution in [0.4, 0.5) is 0 Å². The van der Waals surface area contributed by atoms with Gasteiger partial charge >= 0.3 is 0 Å². The number of carbonyl (C=O) groups excluding carboxylic acids is 1. The monoisotopic (exact) mass is 244 g/mol. The molecule has 0 spiro atoms. The van der Waals surface area contributed by atoms with Gasteiger partial charge in [-0.1, -0.05) is 35.2 Å². The van der Waals surface area contributed by atoms with Crippen LogP contribution in [-0.2, 0) is 25.4 Å². The van der Waals surface area contributed by atoms with Crippen LogP contribution in [0.3, 0.4) is 0 Å². The van der Waals surface area contributed by atoms with Gasteiger partial charge in [0.2, 0.25) is 15.9 Å². The summed E-state index contributed by atoms with van der Waals surface area (Å²) in [5.41, 5.74) is 5.40. The molecule has 6 nitrogen and oxygen atoms in total. The number of benzene rings is 1. The Hall–Kier alpha value is -1.44. The van der Waals surface area contributed by atoms with E-state index in [1.54, 1.807) is 30.3 Å². The Morgan fingerprint density at radius 3 is 2.50 bits per heavy atom. The van der Waals surface area contributed by atoms with Crippen molar-refractivity contribution in [1.29, 1.82) is 0 Å². The summed E-state index contributed by atoms with van der Waals surface area (Å²) in [5.74, 6) is -0.963. The number of rotatable bonds is 6. The number of amides is 1. The van der Waals surface area contributed by atoms with Crippen LogP contribution in [0.2, 0.25) is 0 Å². The van der Waals surface area contributed by atoms with E-state index in [-0.39, 0.29) is 5.75 Å². The molecule has 7 heteroatoms. The lowest BCUT2D eigenvalue weighted by molar-refractivity contribution is -0.123. The minimum atomic E-state index is -3.61. The summed E-state index contributed by atoms with van der Waals surface area (Å²) < 4.78 is 22.8. The van der Waals surface area contributed by atoms with Crippen LogP contribution >= 0.6 is 0 Å². The highest BCUT2D eigenvalue weighted by molar-refractivity contribution is 7.88. The van der Waals surface area contributed by atoms with E-state index in [9.17, 15) is 13.2 Å². The average Bonchev–Trinajstić information content (AvgIpc) is 2.17. The highest BCUT2D eigenvalue weighted by atomic mass is 32.2. The number of hydrogen-bond acceptors (Lipinski definition) is 4. The second kappa shape index (κ2) is 5.59. The zero-order valence-corrected chi connectivity index (χ0v) is 9.24. The van der Waals surface area contributed by atoms with Crippen molar-refractivity contribution >= 4 is 15.9 Å². The van der Waals surface area contributed by atoms with Gasteiger partial charge < -0.3 is 5.73 Å². The quantitative estimate of drug-likeness (QED) is 0.660. The number of hydrogen-bond donors (Lipinski definition) is 2. The maximum absolute atomic E-state index is 11.4. The highest BCUT2D eigenvalue weighted by Gasteiger charge is 2.11. The second-order valence-electron chi connectivity index (χ2n) is 3.08. The molecule has 1 aromatic carbocycles. The van der Waals surface area contributed by atoms with E-state index in [0.717, 1.165) is 0 Å². The summed E-state index contributed by atoms with van der Waals surface area (Å²) in [6, 6.07) is 8.60. The van der Waals surface area contributed by atoms with Gasteiger partial charge in [0.25, 0.3) is 0 Å². The van der Waals surface area contributed by atoms with Crippen LogP contribution in [0.1, 0.15) is 5.56 Å². The maximum Gasteiger partial charge on any atom is 0.245 e. The molecule has 0 radical (unpaired) electrons. The molecule has 0 aliphatic rings. The third kappa shape index (κ3) is 4.87. The van der Waals surface area contributed by atoms with Crippen molar-refractivity contribution in [2.24, 2.45) is 5.73 Å². The number of sulfonamides is 1. The summed E-state index contributed by atoms with van der Waals surface area (Å²) in [4.78, 5) is 16.5. The Labute approximate surface area is 93.4 Å². The Bertz CT molecular complexity index is 444. The number of primary amides is 1. The Morgan fingerprint density at radius 2 is 1.94 bits per heavy atom. The minimum absolute atomic E-state index is 0.216. The molecule has 0 saturated heterocycles. The Balaban J connectivity index is 2.49. The predicted octanol–water partition coefficient (Wildman–Crippen LogP) is -0.477. The van der Waals surface area contributed by atoms with Gasteiger partial charge in [-0.2, -0.15) is 0 Å². The van der Waals surface area contributed by atoms with Crippen LogP contribution in [0, 0.1) is 0 Å². The van der Waals surface area contributed by atoms with Crippen molar-refractivity contribution in [3.63, 3.8) is 0 Å². The van der Waals surface area contributed by atoms with Crippen molar-refractivity contribution in [2.75, 3.05) is 6.61 Å². The first kappa shape index (κ1) is 12.6. The molecule has 0 aromatic heterocycles. The summed E-state index contributed by atoms with van der Waals surface area (Å²) in [6.07, 6.45) is 0. The summed E-state index contributed by atoms with van der Waals surface area (Å²) in [6.45, 7) is -0.492. The normalized spacial score (nSPS) is 11.2. The van der Waals surface area contributed by atoms with E-state index in [1.165, 1.54) is 0 Å². The van der Waals surface area contributed by atoms with Gasteiger partial charge in [-0.25, -0.2) is 8.42 Å². The van der Waals surface area contributed by atoms with Crippen molar-refractivity contribution in [3.8, 4) is 0 Å². The van der Waals surface area contributed by atoms with Crippen molar-refractivity contribution < 1.29 is 18.0 Å². The van der Waals surface area contributed by atoms with Gasteiger partial charge in [0.15, 0.2) is 0 Å². The first-order chi connectivity index (χ1) is 7.49. The van der Waals surface area contributed by atoms with Gasteiger partial charge in [0, 0.05) is 0 Å². The zero-order chi connectivity index (χ0) is 12.0. The van der Waals surface area contributed by atoms with E-state index < -0.39 is 22.5 Å². The fraction of sp³-hybridized carbons (Fsp3) is 0.222.